The van der Waals surface area contributed by atoms with Crippen LogP contribution < -0.4 is 10.1 Å². The summed E-state index contributed by atoms with van der Waals surface area (Å²) in [5.74, 6) is 0.144. The number of nitrogens with one attached hydrogen (secondary N) is 1. The van der Waals surface area contributed by atoms with Crippen LogP contribution in [0.1, 0.15) is 54.1 Å². The summed E-state index contributed by atoms with van der Waals surface area (Å²) in [4.78, 5) is 33.9. The van der Waals surface area contributed by atoms with Crippen molar-refractivity contribution in [1.29, 1.82) is 0 Å². The molecule has 1 aromatic heterocycles. The Morgan fingerprint density at radius 2 is 1.97 bits per heavy atom. The van der Waals surface area contributed by atoms with Crippen LogP contribution in [0, 0.1) is 18.7 Å². The molecule has 0 radical (unpaired) electrons. The summed E-state index contributed by atoms with van der Waals surface area (Å²) in [7, 11) is 1.51. The third kappa shape index (κ3) is 5.38. The van der Waals surface area contributed by atoms with E-state index in [1.807, 2.05) is 11.8 Å². The minimum Gasteiger partial charge on any atom is -0.481 e. The Morgan fingerprint density at radius 1 is 1.21 bits per heavy atom. The first-order chi connectivity index (χ1) is 16.4. The Kier molecular flexibility index (Phi) is 7.46. The highest BCUT2D eigenvalue weighted by Crippen LogP contribution is 2.29. The van der Waals surface area contributed by atoms with E-state index in [1.54, 1.807) is 12.1 Å². The molecule has 7 nitrogen and oxygen atoms in total. The number of pyridine rings is 1. The van der Waals surface area contributed by atoms with E-state index < -0.39 is 5.82 Å². The van der Waals surface area contributed by atoms with Crippen molar-refractivity contribution in [3.63, 3.8) is 0 Å². The molecule has 0 bridgehead atoms. The zero-order chi connectivity index (χ0) is 24.2. The van der Waals surface area contributed by atoms with Gasteiger partial charge in [0.1, 0.15) is 5.82 Å². The minimum absolute atomic E-state index is 0.123. The fourth-order valence-electron chi connectivity index (χ4n) is 5.01. The number of aromatic nitrogens is 1. The van der Waals surface area contributed by atoms with Gasteiger partial charge in [-0.15, -0.1) is 0 Å². The number of rotatable bonds is 6. The minimum atomic E-state index is -0.396. The Bertz CT molecular complexity index is 1040. The number of carbonyl (C=O) groups is 2. The Morgan fingerprint density at radius 3 is 2.62 bits per heavy atom. The number of anilines is 1. The quantitative estimate of drug-likeness (QED) is 0.693. The second-order valence-electron chi connectivity index (χ2n) is 9.38. The maximum atomic E-state index is 14.5. The fraction of sp³-hybridized carbons (Fsp3) is 0.500. The van der Waals surface area contributed by atoms with Crippen LogP contribution >= 0.6 is 0 Å². The molecule has 2 heterocycles. The molecule has 8 heteroatoms. The monoisotopic (exact) mass is 468 g/mol. The molecule has 1 N–H and O–H groups in total. The number of amides is 2. The van der Waals surface area contributed by atoms with Gasteiger partial charge >= 0.3 is 0 Å². The van der Waals surface area contributed by atoms with Gasteiger partial charge in [0.05, 0.1) is 12.7 Å². The predicted molar refractivity (Wildman–Crippen MR) is 128 cm³/mol. The van der Waals surface area contributed by atoms with E-state index in [9.17, 15) is 14.0 Å². The maximum Gasteiger partial charge on any atom is 0.257 e. The number of halogens is 1. The summed E-state index contributed by atoms with van der Waals surface area (Å²) < 4.78 is 19.5. The molecule has 2 fully saturated rings. The number of piperazine rings is 1. The molecule has 1 saturated carbocycles. The number of ether oxygens (including phenoxy) is 1. The van der Waals surface area contributed by atoms with Crippen LogP contribution in [-0.2, 0) is 11.3 Å². The van der Waals surface area contributed by atoms with Gasteiger partial charge in [-0.05, 0) is 56.0 Å². The maximum absolute atomic E-state index is 14.5. The first kappa shape index (κ1) is 24.1. The average molecular weight is 469 g/mol. The summed E-state index contributed by atoms with van der Waals surface area (Å²) in [6.45, 7) is 6.73. The molecule has 4 rings (SSSR count). The standard InChI is InChI=1S/C26H33FN4O3/c1-17-15-30(10-11-31(17)26(33)19-6-4-5-7-19)16-21-12-22(27)13-23(18(21)2)29-25(32)20-8-9-24(34-3)28-14-20/h8-9,12-14,17,19H,4-7,10-11,15-16H2,1-3H3,(H,29,32)/t17-/m0/s1. The first-order valence-electron chi connectivity index (χ1n) is 12.0. The molecule has 2 amide bonds. The van der Waals surface area contributed by atoms with Crippen LogP contribution in [0.2, 0.25) is 0 Å². The van der Waals surface area contributed by atoms with Crippen LogP contribution in [0.15, 0.2) is 30.5 Å². The van der Waals surface area contributed by atoms with Crippen molar-refractivity contribution in [1.82, 2.24) is 14.8 Å². The number of carbonyl (C=O) groups excluding carboxylic acids is 2. The third-order valence-corrected chi connectivity index (χ3v) is 7.03. The van der Waals surface area contributed by atoms with Crippen LogP contribution in [-0.4, -0.2) is 59.4 Å². The molecule has 2 aromatic rings. The van der Waals surface area contributed by atoms with Crippen molar-refractivity contribution in [2.24, 2.45) is 5.92 Å². The zero-order valence-corrected chi connectivity index (χ0v) is 20.1. The van der Waals surface area contributed by atoms with Gasteiger partial charge in [-0.25, -0.2) is 9.37 Å². The highest BCUT2D eigenvalue weighted by Gasteiger charge is 2.33. The Labute approximate surface area is 200 Å². The van der Waals surface area contributed by atoms with Crippen LogP contribution in [0.4, 0.5) is 10.1 Å². The lowest BCUT2D eigenvalue weighted by Gasteiger charge is -2.41. The van der Waals surface area contributed by atoms with Gasteiger partial charge in [-0.2, -0.15) is 0 Å². The fourth-order valence-corrected chi connectivity index (χ4v) is 5.01. The molecule has 1 atom stereocenters. The predicted octanol–water partition coefficient (Wildman–Crippen LogP) is 4.01. The molecule has 0 unspecified atom stereocenters. The van der Waals surface area contributed by atoms with Crippen molar-refractivity contribution < 1.29 is 18.7 Å². The number of hydrogen-bond acceptors (Lipinski definition) is 5. The van der Waals surface area contributed by atoms with E-state index in [4.69, 9.17) is 4.74 Å². The number of benzene rings is 1. The average Bonchev–Trinajstić information content (AvgIpc) is 3.37. The molecular formula is C26H33FN4O3. The molecule has 34 heavy (non-hydrogen) atoms. The Balaban J connectivity index is 1.41. The molecular weight excluding hydrogens is 435 g/mol. The SMILES string of the molecule is COc1ccc(C(=O)Nc2cc(F)cc(CN3CCN(C(=O)C4CCCC4)[C@@H](C)C3)c2C)cn1. The van der Waals surface area contributed by atoms with Gasteiger partial charge in [0.15, 0.2) is 0 Å². The molecule has 182 valence electrons. The highest BCUT2D eigenvalue weighted by molar-refractivity contribution is 6.04. The van der Waals surface area contributed by atoms with E-state index in [1.165, 1.54) is 25.4 Å². The van der Waals surface area contributed by atoms with Crippen molar-refractivity contribution in [3.05, 3.63) is 53.0 Å². The van der Waals surface area contributed by atoms with Gasteiger partial charge < -0.3 is 15.0 Å². The van der Waals surface area contributed by atoms with Gasteiger partial charge in [0.2, 0.25) is 11.8 Å². The molecule has 1 aliphatic carbocycles. The van der Waals surface area contributed by atoms with E-state index >= 15 is 0 Å². The lowest BCUT2D eigenvalue weighted by atomic mass is 10.0. The number of hydrogen-bond donors (Lipinski definition) is 1. The normalized spacial score (nSPS) is 19.3. The lowest BCUT2D eigenvalue weighted by molar-refractivity contribution is -0.140. The second-order valence-corrected chi connectivity index (χ2v) is 9.38. The number of nitrogens with zero attached hydrogens (tertiary/aromatic N) is 3. The Hall–Kier alpha value is -3.00. The van der Waals surface area contributed by atoms with Crippen molar-refractivity contribution >= 4 is 17.5 Å². The van der Waals surface area contributed by atoms with Crippen LogP contribution in [0.25, 0.3) is 0 Å². The van der Waals surface area contributed by atoms with Crippen molar-refractivity contribution in [2.75, 3.05) is 32.1 Å². The summed E-state index contributed by atoms with van der Waals surface area (Å²) >= 11 is 0. The molecule has 2 aliphatic rings. The second kappa shape index (κ2) is 10.5. The van der Waals surface area contributed by atoms with Gasteiger partial charge in [-0.3, -0.25) is 14.5 Å². The van der Waals surface area contributed by atoms with E-state index in [0.29, 0.717) is 36.1 Å². The highest BCUT2D eigenvalue weighted by atomic mass is 19.1. The van der Waals surface area contributed by atoms with Crippen LogP contribution in [0.3, 0.4) is 0 Å². The smallest absolute Gasteiger partial charge is 0.257 e. The van der Waals surface area contributed by atoms with Crippen LogP contribution in [0.5, 0.6) is 5.88 Å². The molecule has 1 aliphatic heterocycles. The summed E-state index contributed by atoms with van der Waals surface area (Å²) in [5.41, 5.74) is 2.46. The van der Waals surface area contributed by atoms with Gasteiger partial charge in [-0.1, -0.05) is 12.8 Å². The van der Waals surface area contributed by atoms with E-state index in [0.717, 1.165) is 49.9 Å². The number of methoxy groups -OCH3 is 1. The zero-order valence-electron chi connectivity index (χ0n) is 20.1. The third-order valence-electron chi connectivity index (χ3n) is 7.03. The summed E-state index contributed by atoms with van der Waals surface area (Å²) in [6, 6.07) is 6.22. The topological polar surface area (TPSA) is 74.8 Å². The first-order valence-corrected chi connectivity index (χ1v) is 12.0. The summed E-state index contributed by atoms with van der Waals surface area (Å²) in [6.07, 6.45) is 5.75. The lowest BCUT2D eigenvalue weighted by Crippen LogP contribution is -2.54. The van der Waals surface area contributed by atoms with Crippen molar-refractivity contribution in [2.45, 2.75) is 52.1 Å². The largest absolute Gasteiger partial charge is 0.481 e. The molecule has 1 saturated heterocycles. The van der Waals surface area contributed by atoms with E-state index in [-0.39, 0.29) is 17.9 Å². The van der Waals surface area contributed by atoms with Gasteiger partial charge in [0.25, 0.3) is 5.91 Å². The molecule has 1 aromatic carbocycles. The summed E-state index contributed by atoms with van der Waals surface area (Å²) in [5, 5.41) is 2.81. The van der Waals surface area contributed by atoms with E-state index in [2.05, 4.69) is 22.1 Å². The van der Waals surface area contributed by atoms with Gasteiger partial charge in [0, 0.05) is 56.1 Å². The molecule has 0 spiro atoms. The van der Waals surface area contributed by atoms with Crippen molar-refractivity contribution in [3.8, 4) is 5.88 Å².